The van der Waals surface area contributed by atoms with Crippen molar-refractivity contribution in [1.82, 2.24) is 5.32 Å². The molecule has 1 saturated carbocycles. The van der Waals surface area contributed by atoms with Crippen molar-refractivity contribution < 1.29 is 0 Å². The van der Waals surface area contributed by atoms with Crippen LogP contribution in [0.25, 0.3) is 0 Å². The Kier molecular flexibility index (Phi) is 3.72. The molecule has 1 aromatic carbocycles. The molecule has 1 N–H and O–H groups in total. The van der Waals surface area contributed by atoms with Crippen LogP contribution in [0, 0.1) is 0 Å². The molecule has 0 amide bonds. The van der Waals surface area contributed by atoms with Gasteiger partial charge in [0.25, 0.3) is 0 Å². The quantitative estimate of drug-likeness (QED) is 0.848. The van der Waals surface area contributed by atoms with Gasteiger partial charge in [-0.3, -0.25) is 0 Å². The van der Waals surface area contributed by atoms with E-state index in [1.807, 2.05) is 0 Å². The molecule has 0 spiro atoms. The van der Waals surface area contributed by atoms with Crippen LogP contribution in [-0.2, 0) is 6.54 Å². The van der Waals surface area contributed by atoms with E-state index < -0.39 is 0 Å². The molecule has 2 rings (SSSR count). The van der Waals surface area contributed by atoms with Crippen molar-refractivity contribution in [3.05, 3.63) is 28.8 Å². The summed E-state index contributed by atoms with van der Waals surface area (Å²) in [5.74, 6) is 0. The highest BCUT2D eigenvalue weighted by Crippen LogP contribution is 2.34. The van der Waals surface area contributed by atoms with Gasteiger partial charge in [-0.2, -0.15) is 0 Å². The van der Waals surface area contributed by atoms with Crippen LogP contribution in [0.3, 0.4) is 0 Å². The summed E-state index contributed by atoms with van der Waals surface area (Å²) in [7, 11) is 2.13. The summed E-state index contributed by atoms with van der Waals surface area (Å²) < 4.78 is 0. The van der Waals surface area contributed by atoms with Gasteiger partial charge in [0, 0.05) is 19.6 Å². The molecule has 1 aromatic rings. The number of nitrogens with zero attached hydrogens (tertiary/aromatic N) is 1. The molecule has 0 bridgehead atoms. The summed E-state index contributed by atoms with van der Waals surface area (Å²) in [6.45, 7) is 3.99. The van der Waals surface area contributed by atoms with E-state index in [1.165, 1.54) is 18.4 Å². The van der Waals surface area contributed by atoms with Crippen molar-refractivity contribution in [2.24, 2.45) is 0 Å². The first kappa shape index (κ1) is 11.7. The Hall–Kier alpha value is -0.730. The van der Waals surface area contributed by atoms with Crippen LogP contribution in [0.5, 0.6) is 0 Å². The maximum atomic E-state index is 6.31. The van der Waals surface area contributed by atoms with Crippen molar-refractivity contribution in [3.63, 3.8) is 0 Å². The fraction of sp³-hybridized carbons (Fsp3) is 0.538. The van der Waals surface area contributed by atoms with E-state index in [0.717, 1.165) is 23.8 Å². The molecule has 0 radical (unpaired) electrons. The molecular formula is C13H19ClN2. The molecule has 0 atom stereocenters. The summed E-state index contributed by atoms with van der Waals surface area (Å²) in [5, 5.41) is 4.17. The van der Waals surface area contributed by atoms with Crippen LogP contribution in [0.4, 0.5) is 5.69 Å². The zero-order valence-electron chi connectivity index (χ0n) is 9.96. The van der Waals surface area contributed by atoms with Gasteiger partial charge in [0.15, 0.2) is 0 Å². The molecule has 1 aliphatic carbocycles. The smallest absolute Gasteiger partial charge is 0.0642 e. The number of hydrogen-bond donors (Lipinski definition) is 1. The van der Waals surface area contributed by atoms with Gasteiger partial charge >= 0.3 is 0 Å². The Morgan fingerprint density at radius 3 is 2.75 bits per heavy atom. The second-order valence-corrected chi connectivity index (χ2v) is 4.82. The number of nitrogens with one attached hydrogen (secondary N) is 1. The number of anilines is 1. The molecule has 3 heteroatoms. The minimum absolute atomic E-state index is 0.706. The Bertz CT molecular complexity index is 361. The second-order valence-electron chi connectivity index (χ2n) is 4.41. The normalized spacial score (nSPS) is 15.2. The van der Waals surface area contributed by atoms with Crippen molar-refractivity contribution >= 4 is 17.3 Å². The molecule has 1 fully saturated rings. The monoisotopic (exact) mass is 238 g/mol. The minimum Gasteiger partial charge on any atom is -0.370 e. The Morgan fingerprint density at radius 1 is 1.44 bits per heavy atom. The third-order valence-electron chi connectivity index (χ3n) is 3.07. The highest BCUT2D eigenvalue weighted by molar-refractivity contribution is 6.33. The van der Waals surface area contributed by atoms with Gasteiger partial charge in [0.05, 0.1) is 10.7 Å². The van der Waals surface area contributed by atoms with Crippen molar-refractivity contribution in [2.45, 2.75) is 32.4 Å². The first-order valence-electron chi connectivity index (χ1n) is 5.94. The van der Waals surface area contributed by atoms with Gasteiger partial charge in [-0.15, -0.1) is 0 Å². The summed E-state index contributed by atoms with van der Waals surface area (Å²) in [4.78, 5) is 2.29. The average molecular weight is 239 g/mol. The Morgan fingerprint density at radius 2 is 2.19 bits per heavy atom. The topological polar surface area (TPSA) is 15.3 Å². The third-order valence-corrected chi connectivity index (χ3v) is 3.37. The van der Waals surface area contributed by atoms with E-state index in [0.29, 0.717) is 6.04 Å². The van der Waals surface area contributed by atoms with Crippen molar-refractivity contribution in [2.75, 3.05) is 18.5 Å². The van der Waals surface area contributed by atoms with E-state index in [4.69, 9.17) is 11.6 Å². The third kappa shape index (κ3) is 2.69. The predicted molar refractivity (Wildman–Crippen MR) is 70.3 cm³/mol. The first-order valence-corrected chi connectivity index (χ1v) is 6.32. The summed E-state index contributed by atoms with van der Waals surface area (Å²) in [6.07, 6.45) is 2.60. The standard InChI is InChI=1S/C13H19ClN2/c1-3-15-9-10-4-7-13(12(14)8-10)16(2)11-5-6-11/h4,7-8,11,15H,3,5-6,9H2,1-2H3. The molecule has 88 valence electrons. The van der Waals surface area contributed by atoms with Crippen LogP contribution in [0.1, 0.15) is 25.3 Å². The maximum absolute atomic E-state index is 6.31. The molecule has 0 saturated heterocycles. The van der Waals surface area contributed by atoms with E-state index >= 15 is 0 Å². The van der Waals surface area contributed by atoms with Crippen LogP contribution in [0.15, 0.2) is 18.2 Å². The van der Waals surface area contributed by atoms with Crippen molar-refractivity contribution in [3.8, 4) is 0 Å². The number of hydrogen-bond acceptors (Lipinski definition) is 2. The lowest BCUT2D eigenvalue weighted by atomic mass is 10.2. The van der Waals surface area contributed by atoms with E-state index in [9.17, 15) is 0 Å². The fourth-order valence-corrected chi connectivity index (χ4v) is 2.21. The largest absolute Gasteiger partial charge is 0.370 e. The summed E-state index contributed by atoms with van der Waals surface area (Å²) in [5.41, 5.74) is 2.41. The number of halogens is 1. The molecule has 1 aliphatic rings. The van der Waals surface area contributed by atoms with E-state index in [-0.39, 0.29) is 0 Å². The average Bonchev–Trinajstić information content (AvgIpc) is 3.09. The van der Waals surface area contributed by atoms with Gasteiger partial charge in [-0.25, -0.2) is 0 Å². The maximum Gasteiger partial charge on any atom is 0.0642 e. The number of benzene rings is 1. The van der Waals surface area contributed by atoms with Gasteiger partial charge in [0.2, 0.25) is 0 Å². The SMILES string of the molecule is CCNCc1ccc(N(C)C2CC2)c(Cl)c1. The van der Waals surface area contributed by atoms with Gasteiger partial charge in [-0.1, -0.05) is 24.6 Å². The second kappa shape index (κ2) is 5.07. The lowest BCUT2D eigenvalue weighted by Gasteiger charge is -2.20. The van der Waals surface area contributed by atoms with Crippen LogP contribution >= 0.6 is 11.6 Å². The lowest BCUT2D eigenvalue weighted by molar-refractivity contribution is 0.726. The first-order chi connectivity index (χ1) is 7.72. The Balaban J connectivity index is 2.09. The highest BCUT2D eigenvalue weighted by Gasteiger charge is 2.27. The molecular weight excluding hydrogens is 220 g/mol. The zero-order valence-corrected chi connectivity index (χ0v) is 10.7. The molecule has 2 nitrogen and oxygen atoms in total. The van der Waals surface area contributed by atoms with E-state index in [1.54, 1.807) is 0 Å². The summed E-state index contributed by atoms with van der Waals surface area (Å²) >= 11 is 6.31. The number of rotatable bonds is 5. The van der Waals surface area contributed by atoms with Gasteiger partial charge in [0.1, 0.15) is 0 Å². The Labute approximate surface area is 103 Å². The fourth-order valence-electron chi connectivity index (χ4n) is 1.87. The van der Waals surface area contributed by atoms with E-state index in [2.05, 4.69) is 42.4 Å². The van der Waals surface area contributed by atoms with Crippen LogP contribution in [-0.4, -0.2) is 19.6 Å². The predicted octanol–water partition coefficient (Wildman–Crippen LogP) is 3.05. The molecule has 0 aliphatic heterocycles. The van der Waals surface area contributed by atoms with Crippen molar-refractivity contribution in [1.29, 1.82) is 0 Å². The highest BCUT2D eigenvalue weighted by atomic mass is 35.5. The van der Waals surface area contributed by atoms with Crippen LogP contribution < -0.4 is 10.2 Å². The molecule has 0 heterocycles. The lowest BCUT2D eigenvalue weighted by Crippen LogP contribution is -2.20. The van der Waals surface area contributed by atoms with Gasteiger partial charge < -0.3 is 10.2 Å². The zero-order chi connectivity index (χ0) is 11.5. The summed E-state index contributed by atoms with van der Waals surface area (Å²) in [6, 6.07) is 7.06. The molecule has 16 heavy (non-hydrogen) atoms. The molecule has 0 aromatic heterocycles. The van der Waals surface area contributed by atoms with Crippen LogP contribution in [0.2, 0.25) is 5.02 Å². The molecule has 0 unspecified atom stereocenters. The van der Waals surface area contributed by atoms with Gasteiger partial charge in [-0.05, 0) is 37.1 Å². The minimum atomic E-state index is 0.706.